The van der Waals surface area contributed by atoms with Gasteiger partial charge in [-0.3, -0.25) is 5.43 Å². The fraction of sp³-hybridized carbons (Fsp3) is 0.263. The van der Waals surface area contributed by atoms with Crippen molar-refractivity contribution in [1.29, 1.82) is 0 Å². The Hall–Kier alpha value is -2.15. The van der Waals surface area contributed by atoms with E-state index in [1.807, 2.05) is 55.5 Å². The number of methoxy groups -OCH3 is 1. The molecular formula is C19H22ClN3O2S. The first kappa shape index (κ1) is 20.2. The normalized spacial score (nSPS) is 12.0. The summed E-state index contributed by atoms with van der Waals surface area (Å²) in [4.78, 5) is 0. The highest BCUT2D eigenvalue weighted by molar-refractivity contribution is 7.80. The average molecular weight is 392 g/mol. The summed E-state index contributed by atoms with van der Waals surface area (Å²) in [5.41, 5.74) is 4.61. The van der Waals surface area contributed by atoms with E-state index >= 15 is 0 Å². The van der Waals surface area contributed by atoms with E-state index in [-0.39, 0.29) is 6.04 Å². The summed E-state index contributed by atoms with van der Waals surface area (Å²) >= 11 is 11.3. The predicted octanol–water partition coefficient (Wildman–Crippen LogP) is 3.75. The second-order valence-electron chi connectivity index (χ2n) is 5.65. The molecule has 0 amide bonds. The molecule has 5 nitrogen and oxygen atoms in total. The van der Waals surface area contributed by atoms with Crippen LogP contribution in [0.15, 0.2) is 53.6 Å². The van der Waals surface area contributed by atoms with Gasteiger partial charge in [0.2, 0.25) is 0 Å². The third-order valence-corrected chi connectivity index (χ3v) is 3.96. The Labute approximate surface area is 164 Å². The zero-order valence-corrected chi connectivity index (χ0v) is 16.3. The van der Waals surface area contributed by atoms with E-state index in [1.165, 1.54) is 0 Å². The zero-order chi connectivity index (χ0) is 18.8. The van der Waals surface area contributed by atoms with Crippen molar-refractivity contribution in [2.45, 2.75) is 19.6 Å². The molecule has 2 aromatic rings. The highest BCUT2D eigenvalue weighted by Gasteiger charge is 2.03. The number of benzene rings is 2. The van der Waals surface area contributed by atoms with Crippen LogP contribution in [-0.2, 0) is 11.3 Å². The number of hydrogen-bond donors (Lipinski definition) is 2. The number of nitrogens with one attached hydrogen (secondary N) is 2. The van der Waals surface area contributed by atoms with E-state index in [1.54, 1.807) is 13.3 Å². The minimum Gasteiger partial charge on any atom is -0.489 e. The SMILES string of the molecule is COC[C@H](C)NC(=S)N/N=C\c1cccc(OCc2ccccc2Cl)c1. The van der Waals surface area contributed by atoms with E-state index < -0.39 is 0 Å². The van der Waals surface area contributed by atoms with Crippen LogP contribution in [-0.4, -0.2) is 31.1 Å². The molecule has 138 valence electrons. The van der Waals surface area contributed by atoms with Gasteiger partial charge in [-0.15, -0.1) is 0 Å². The van der Waals surface area contributed by atoms with Gasteiger partial charge in [-0.2, -0.15) is 5.10 Å². The van der Waals surface area contributed by atoms with Crippen LogP contribution >= 0.6 is 23.8 Å². The molecule has 0 radical (unpaired) electrons. The van der Waals surface area contributed by atoms with E-state index in [0.717, 1.165) is 16.9 Å². The first-order chi connectivity index (χ1) is 12.6. The number of nitrogens with zero attached hydrogens (tertiary/aromatic N) is 1. The van der Waals surface area contributed by atoms with Crippen LogP contribution < -0.4 is 15.5 Å². The molecule has 26 heavy (non-hydrogen) atoms. The first-order valence-corrected chi connectivity index (χ1v) is 8.92. The number of rotatable bonds is 8. The van der Waals surface area contributed by atoms with Gasteiger partial charge in [-0.05, 0) is 42.9 Å². The van der Waals surface area contributed by atoms with Crippen molar-refractivity contribution in [3.05, 3.63) is 64.7 Å². The third-order valence-electron chi connectivity index (χ3n) is 3.38. The number of ether oxygens (including phenoxy) is 2. The molecule has 0 bridgehead atoms. The smallest absolute Gasteiger partial charge is 0.187 e. The van der Waals surface area contributed by atoms with Gasteiger partial charge in [0.1, 0.15) is 12.4 Å². The summed E-state index contributed by atoms with van der Waals surface area (Å²) in [7, 11) is 1.65. The fourth-order valence-electron chi connectivity index (χ4n) is 2.17. The van der Waals surface area contributed by atoms with Crippen molar-refractivity contribution in [1.82, 2.24) is 10.7 Å². The van der Waals surface area contributed by atoms with Gasteiger partial charge in [0.15, 0.2) is 5.11 Å². The van der Waals surface area contributed by atoms with Crippen LogP contribution in [0.3, 0.4) is 0 Å². The van der Waals surface area contributed by atoms with Crippen molar-refractivity contribution in [2.24, 2.45) is 5.10 Å². The molecule has 0 aliphatic carbocycles. The van der Waals surface area contributed by atoms with Crippen LogP contribution in [0.4, 0.5) is 0 Å². The lowest BCUT2D eigenvalue weighted by atomic mass is 10.2. The van der Waals surface area contributed by atoms with Crippen molar-refractivity contribution < 1.29 is 9.47 Å². The summed E-state index contributed by atoms with van der Waals surface area (Å²) in [5.74, 6) is 0.739. The number of halogens is 1. The topological polar surface area (TPSA) is 54.9 Å². The second-order valence-corrected chi connectivity index (χ2v) is 6.47. The highest BCUT2D eigenvalue weighted by atomic mass is 35.5. The molecule has 0 aliphatic heterocycles. The Balaban J connectivity index is 1.86. The predicted molar refractivity (Wildman–Crippen MR) is 110 cm³/mol. The van der Waals surface area contributed by atoms with E-state index in [9.17, 15) is 0 Å². The van der Waals surface area contributed by atoms with E-state index in [2.05, 4.69) is 15.8 Å². The summed E-state index contributed by atoms with van der Waals surface area (Å²) in [5, 5.41) is 8.33. The molecule has 0 unspecified atom stereocenters. The van der Waals surface area contributed by atoms with Gasteiger partial charge < -0.3 is 14.8 Å². The third kappa shape index (κ3) is 7.00. The van der Waals surface area contributed by atoms with Crippen LogP contribution in [0.2, 0.25) is 5.02 Å². The van der Waals surface area contributed by atoms with Crippen LogP contribution in [0.1, 0.15) is 18.1 Å². The largest absolute Gasteiger partial charge is 0.489 e. The van der Waals surface area contributed by atoms with Gasteiger partial charge in [-0.25, -0.2) is 0 Å². The molecule has 0 heterocycles. The van der Waals surface area contributed by atoms with Crippen molar-refractivity contribution >= 4 is 35.1 Å². The zero-order valence-electron chi connectivity index (χ0n) is 14.7. The van der Waals surface area contributed by atoms with E-state index in [4.69, 9.17) is 33.3 Å². The number of hydrogen-bond acceptors (Lipinski definition) is 4. The van der Waals surface area contributed by atoms with Crippen LogP contribution in [0, 0.1) is 0 Å². The molecule has 2 rings (SSSR count). The van der Waals surface area contributed by atoms with E-state index in [0.29, 0.717) is 23.3 Å². The minimum absolute atomic E-state index is 0.108. The Morgan fingerprint density at radius 2 is 2.08 bits per heavy atom. The van der Waals surface area contributed by atoms with Gasteiger partial charge >= 0.3 is 0 Å². The van der Waals surface area contributed by atoms with Gasteiger partial charge in [0.05, 0.1) is 12.8 Å². The first-order valence-electron chi connectivity index (χ1n) is 8.13. The van der Waals surface area contributed by atoms with Crippen LogP contribution in [0.25, 0.3) is 0 Å². The molecule has 0 spiro atoms. The lowest BCUT2D eigenvalue weighted by Crippen LogP contribution is -2.40. The van der Waals surface area contributed by atoms with Crippen LogP contribution in [0.5, 0.6) is 5.75 Å². The molecule has 2 N–H and O–H groups in total. The number of hydrazone groups is 1. The Morgan fingerprint density at radius 1 is 1.27 bits per heavy atom. The number of thiocarbonyl (C=S) groups is 1. The maximum atomic E-state index is 6.14. The average Bonchev–Trinajstić information content (AvgIpc) is 2.61. The molecule has 0 aromatic heterocycles. The summed E-state index contributed by atoms with van der Waals surface area (Å²) in [6.07, 6.45) is 1.68. The molecule has 2 aromatic carbocycles. The van der Waals surface area contributed by atoms with Gasteiger partial charge in [0.25, 0.3) is 0 Å². The molecule has 0 saturated carbocycles. The molecule has 0 aliphatic rings. The standard InChI is InChI=1S/C19H22ClN3O2S/c1-14(12-24-2)22-19(26)23-21-11-15-6-5-8-17(10-15)25-13-16-7-3-4-9-18(16)20/h3-11,14H,12-13H2,1-2H3,(H2,22,23,26)/b21-11-/t14-/m0/s1. The minimum atomic E-state index is 0.108. The molecular weight excluding hydrogens is 370 g/mol. The molecule has 7 heteroatoms. The summed E-state index contributed by atoms with van der Waals surface area (Å²) in [6.45, 7) is 2.95. The Bertz CT molecular complexity index is 755. The maximum Gasteiger partial charge on any atom is 0.187 e. The maximum absolute atomic E-state index is 6.14. The highest BCUT2D eigenvalue weighted by Crippen LogP contribution is 2.19. The lowest BCUT2D eigenvalue weighted by Gasteiger charge is -2.13. The summed E-state index contributed by atoms with van der Waals surface area (Å²) < 4.78 is 10.8. The van der Waals surface area contributed by atoms with Crippen molar-refractivity contribution in [2.75, 3.05) is 13.7 Å². The van der Waals surface area contributed by atoms with Crippen molar-refractivity contribution in [3.63, 3.8) is 0 Å². The van der Waals surface area contributed by atoms with Gasteiger partial charge in [-0.1, -0.05) is 41.9 Å². The van der Waals surface area contributed by atoms with Gasteiger partial charge in [0, 0.05) is 23.7 Å². The lowest BCUT2D eigenvalue weighted by molar-refractivity contribution is 0.179. The Morgan fingerprint density at radius 3 is 2.85 bits per heavy atom. The monoisotopic (exact) mass is 391 g/mol. The quantitative estimate of drug-likeness (QED) is 0.407. The molecule has 1 atom stereocenters. The molecule has 0 saturated heterocycles. The molecule has 0 fully saturated rings. The summed E-state index contributed by atoms with van der Waals surface area (Å²) in [6, 6.07) is 15.3. The van der Waals surface area contributed by atoms with Crippen molar-refractivity contribution in [3.8, 4) is 5.75 Å². The second kappa shape index (κ2) is 10.8. The Kier molecular flexibility index (Phi) is 8.34. The fourth-order valence-corrected chi connectivity index (χ4v) is 2.62.